The van der Waals surface area contributed by atoms with Crippen LogP contribution >= 0.6 is 0 Å². The van der Waals surface area contributed by atoms with E-state index < -0.39 is 12.7 Å². The van der Waals surface area contributed by atoms with Crippen molar-refractivity contribution >= 4 is 5.91 Å². The fourth-order valence-electron chi connectivity index (χ4n) is 3.52. The maximum absolute atomic E-state index is 12.5. The molecule has 2 aromatic heterocycles. The number of halogens is 3. The molecule has 4 rings (SSSR count). The van der Waals surface area contributed by atoms with Gasteiger partial charge in [-0.2, -0.15) is 23.3 Å². The van der Waals surface area contributed by atoms with Gasteiger partial charge >= 0.3 is 6.18 Å². The van der Waals surface area contributed by atoms with E-state index in [4.69, 9.17) is 4.52 Å². The molecule has 7 nitrogen and oxygen atoms in total. The first-order valence-electron chi connectivity index (χ1n) is 9.63. The Kier molecular flexibility index (Phi) is 5.56. The maximum atomic E-state index is 12.5. The SMILES string of the molecule is O=C(Cc1ccn(CC(F)(F)F)n1)N1CCC(c2nc(-c3ccccc3)no2)CC1. The van der Waals surface area contributed by atoms with Crippen LogP contribution in [0.15, 0.2) is 47.1 Å². The average molecular weight is 419 g/mol. The van der Waals surface area contributed by atoms with Crippen molar-refractivity contribution in [2.45, 2.75) is 37.9 Å². The number of amides is 1. The third kappa shape index (κ3) is 4.87. The van der Waals surface area contributed by atoms with Crippen LogP contribution in [0.5, 0.6) is 0 Å². The van der Waals surface area contributed by atoms with Crippen LogP contribution in [-0.2, 0) is 17.8 Å². The number of hydrogen-bond donors (Lipinski definition) is 0. The smallest absolute Gasteiger partial charge is 0.342 e. The van der Waals surface area contributed by atoms with Crippen molar-refractivity contribution in [1.82, 2.24) is 24.8 Å². The van der Waals surface area contributed by atoms with E-state index in [-0.39, 0.29) is 18.2 Å². The number of nitrogens with zero attached hydrogens (tertiary/aromatic N) is 5. The lowest BCUT2D eigenvalue weighted by Gasteiger charge is -2.30. The summed E-state index contributed by atoms with van der Waals surface area (Å²) in [6, 6.07) is 11.0. The van der Waals surface area contributed by atoms with Gasteiger partial charge in [-0.15, -0.1) is 0 Å². The number of likely N-dealkylation sites (tertiary alicyclic amines) is 1. The monoisotopic (exact) mass is 419 g/mol. The van der Waals surface area contributed by atoms with Gasteiger partial charge in [0.05, 0.1) is 12.1 Å². The third-order valence-electron chi connectivity index (χ3n) is 5.04. The van der Waals surface area contributed by atoms with Crippen LogP contribution < -0.4 is 0 Å². The van der Waals surface area contributed by atoms with E-state index in [2.05, 4.69) is 15.2 Å². The number of piperidine rings is 1. The highest BCUT2D eigenvalue weighted by Gasteiger charge is 2.30. The Morgan fingerprint density at radius 3 is 2.57 bits per heavy atom. The predicted molar refractivity (Wildman–Crippen MR) is 100 cm³/mol. The van der Waals surface area contributed by atoms with Crippen molar-refractivity contribution in [3.05, 3.63) is 54.2 Å². The summed E-state index contributed by atoms with van der Waals surface area (Å²) >= 11 is 0. The first-order chi connectivity index (χ1) is 14.4. The lowest BCUT2D eigenvalue weighted by Crippen LogP contribution is -2.39. The van der Waals surface area contributed by atoms with Gasteiger partial charge in [-0.1, -0.05) is 35.5 Å². The summed E-state index contributed by atoms with van der Waals surface area (Å²) in [6.45, 7) is -0.118. The molecule has 158 valence electrons. The van der Waals surface area contributed by atoms with Crippen molar-refractivity contribution in [2.24, 2.45) is 0 Å². The number of rotatable bonds is 5. The topological polar surface area (TPSA) is 77.1 Å². The molecule has 10 heteroatoms. The summed E-state index contributed by atoms with van der Waals surface area (Å²) in [5.74, 6) is 1.02. The van der Waals surface area contributed by atoms with Crippen LogP contribution in [0.3, 0.4) is 0 Å². The molecule has 1 amide bonds. The highest BCUT2D eigenvalue weighted by molar-refractivity contribution is 5.78. The van der Waals surface area contributed by atoms with Gasteiger partial charge in [0, 0.05) is 30.8 Å². The summed E-state index contributed by atoms with van der Waals surface area (Å²) in [6.07, 6.45) is -1.75. The first-order valence-corrected chi connectivity index (χ1v) is 9.63. The number of benzene rings is 1. The number of carbonyl (C=O) groups excluding carboxylic acids is 1. The summed E-state index contributed by atoms with van der Waals surface area (Å²) in [4.78, 5) is 18.7. The van der Waals surface area contributed by atoms with E-state index in [0.717, 1.165) is 10.2 Å². The standard InChI is InChI=1S/C20H20F3N5O2/c21-20(22,23)13-28-11-8-16(25-28)12-17(29)27-9-6-15(7-10-27)19-24-18(26-30-19)14-4-2-1-3-5-14/h1-5,8,11,15H,6-7,9-10,12-13H2. The largest absolute Gasteiger partial charge is 0.408 e. The normalized spacial score (nSPS) is 15.5. The maximum Gasteiger partial charge on any atom is 0.408 e. The zero-order valence-corrected chi connectivity index (χ0v) is 16.0. The molecule has 1 aliphatic rings. The van der Waals surface area contributed by atoms with Crippen LogP contribution in [0.1, 0.15) is 30.3 Å². The third-order valence-corrected chi connectivity index (χ3v) is 5.04. The molecule has 0 aliphatic carbocycles. The molecule has 1 saturated heterocycles. The summed E-state index contributed by atoms with van der Waals surface area (Å²) in [5, 5.41) is 7.88. The van der Waals surface area contributed by atoms with Gasteiger partial charge in [0.15, 0.2) is 0 Å². The zero-order valence-electron chi connectivity index (χ0n) is 16.0. The van der Waals surface area contributed by atoms with Gasteiger partial charge in [-0.25, -0.2) is 0 Å². The zero-order chi connectivity index (χ0) is 21.1. The molecule has 0 atom stereocenters. The molecule has 0 radical (unpaired) electrons. The Balaban J connectivity index is 1.30. The summed E-state index contributed by atoms with van der Waals surface area (Å²) < 4.78 is 43.5. The molecule has 3 heterocycles. The summed E-state index contributed by atoms with van der Waals surface area (Å²) in [7, 11) is 0. The van der Waals surface area contributed by atoms with E-state index in [9.17, 15) is 18.0 Å². The predicted octanol–water partition coefficient (Wildman–Crippen LogP) is 3.44. The minimum absolute atomic E-state index is 0.0196. The Labute approximate surface area is 170 Å². The first kappa shape index (κ1) is 20.1. The minimum Gasteiger partial charge on any atom is -0.342 e. The van der Waals surface area contributed by atoms with Crippen molar-refractivity contribution in [1.29, 1.82) is 0 Å². The molecule has 1 aliphatic heterocycles. The van der Waals surface area contributed by atoms with Gasteiger partial charge in [0.2, 0.25) is 17.6 Å². The molecule has 0 N–H and O–H groups in total. The second-order valence-corrected chi connectivity index (χ2v) is 7.27. The molecule has 3 aromatic rings. The van der Waals surface area contributed by atoms with Gasteiger partial charge in [0.1, 0.15) is 6.54 Å². The second-order valence-electron chi connectivity index (χ2n) is 7.27. The number of carbonyl (C=O) groups is 1. The molecule has 1 fully saturated rings. The van der Waals surface area contributed by atoms with Gasteiger partial charge in [-0.05, 0) is 18.9 Å². The fourth-order valence-corrected chi connectivity index (χ4v) is 3.52. The Morgan fingerprint density at radius 1 is 1.13 bits per heavy atom. The van der Waals surface area contributed by atoms with Crippen molar-refractivity contribution in [3.63, 3.8) is 0 Å². The number of aromatic nitrogens is 4. The van der Waals surface area contributed by atoms with Crippen molar-refractivity contribution in [2.75, 3.05) is 13.1 Å². The molecule has 0 spiro atoms. The van der Waals surface area contributed by atoms with Gasteiger partial charge < -0.3 is 9.42 Å². The fraction of sp³-hybridized carbons (Fsp3) is 0.400. The molecule has 0 unspecified atom stereocenters. The number of hydrogen-bond acceptors (Lipinski definition) is 5. The number of alkyl halides is 3. The molecular weight excluding hydrogens is 399 g/mol. The highest BCUT2D eigenvalue weighted by atomic mass is 19.4. The quantitative estimate of drug-likeness (QED) is 0.633. The van der Waals surface area contributed by atoms with Crippen molar-refractivity contribution in [3.8, 4) is 11.4 Å². The van der Waals surface area contributed by atoms with E-state index in [1.807, 2.05) is 30.3 Å². The molecule has 1 aromatic carbocycles. The van der Waals surface area contributed by atoms with Crippen LogP contribution in [0.2, 0.25) is 0 Å². The van der Waals surface area contributed by atoms with Crippen LogP contribution in [0, 0.1) is 0 Å². The van der Waals surface area contributed by atoms with E-state index >= 15 is 0 Å². The molecule has 0 bridgehead atoms. The van der Waals surface area contributed by atoms with E-state index in [1.54, 1.807) is 4.90 Å². The molecular formula is C20H20F3N5O2. The highest BCUT2D eigenvalue weighted by Crippen LogP contribution is 2.28. The average Bonchev–Trinajstić information content (AvgIpc) is 3.37. The van der Waals surface area contributed by atoms with Gasteiger partial charge in [-0.3, -0.25) is 9.48 Å². The van der Waals surface area contributed by atoms with Crippen LogP contribution in [0.25, 0.3) is 11.4 Å². The Morgan fingerprint density at radius 2 is 1.87 bits per heavy atom. The van der Waals surface area contributed by atoms with E-state index in [0.29, 0.717) is 43.3 Å². The lowest BCUT2D eigenvalue weighted by molar-refractivity contribution is -0.142. The van der Waals surface area contributed by atoms with Crippen molar-refractivity contribution < 1.29 is 22.5 Å². The van der Waals surface area contributed by atoms with Gasteiger partial charge in [0.25, 0.3) is 0 Å². The Hall–Kier alpha value is -3.17. The van der Waals surface area contributed by atoms with E-state index in [1.165, 1.54) is 12.3 Å². The molecule has 30 heavy (non-hydrogen) atoms. The minimum atomic E-state index is -4.34. The second kappa shape index (κ2) is 8.29. The lowest BCUT2D eigenvalue weighted by atomic mass is 9.96. The Bertz CT molecular complexity index is 991. The van der Waals surface area contributed by atoms with Crippen LogP contribution in [0.4, 0.5) is 13.2 Å². The molecule has 0 saturated carbocycles. The summed E-state index contributed by atoms with van der Waals surface area (Å²) in [5.41, 5.74) is 1.21. The van der Waals surface area contributed by atoms with Crippen LogP contribution in [-0.4, -0.2) is 50.0 Å².